The van der Waals surface area contributed by atoms with Crippen LogP contribution < -0.4 is 15.4 Å². The van der Waals surface area contributed by atoms with Gasteiger partial charge in [-0.2, -0.15) is 0 Å². The molecule has 29 heavy (non-hydrogen) atoms. The van der Waals surface area contributed by atoms with Crippen LogP contribution in [0.4, 0.5) is 0 Å². The zero-order chi connectivity index (χ0) is 19.9. The molecule has 4 rings (SSSR count). The molecule has 2 aliphatic heterocycles. The minimum absolute atomic E-state index is 0.491. The van der Waals surface area contributed by atoms with Crippen molar-refractivity contribution in [2.75, 3.05) is 33.3 Å². The van der Waals surface area contributed by atoms with Crippen molar-refractivity contribution in [1.29, 1.82) is 0 Å². The van der Waals surface area contributed by atoms with Crippen molar-refractivity contribution in [1.82, 2.24) is 15.5 Å². The maximum atomic E-state index is 5.59. The molecule has 1 saturated heterocycles. The Morgan fingerprint density at radius 3 is 2.72 bits per heavy atom. The molecule has 2 heterocycles. The minimum Gasteiger partial charge on any atom is -0.493 e. The van der Waals surface area contributed by atoms with Gasteiger partial charge in [0.15, 0.2) is 5.96 Å². The molecule has 5 heteroatoms. The predicted molar refractivity (Wildman–Crippen MR) is 119 cm³/mol. The summed E-state index contributed by atoms with van der Waals surface area (Å²) in [6.07, 6.45) is 4.32. The summed E-state index contributed by atoms with van der Waals surface area (Å²) in [4.78, 5) is 6.96. The first kappa shape index (κ1) is 19.8. The molecule has 0 radical (unpaired) electrons. The lowest BCUT2D eigenvalue weighted by Gasteiger charge is -2.33. The summed E-state index contributed by atoms with van der Waals surface area (Å²) in [5, 5.41) is 7.09. The smallest absolute Gasteiger partial charge is 0.191 e. The van der Waals surface area contributed by atoms with Gasteiger partial charge >= 0.3 is 0 Å². The van der Waals surface area contributed by atoms with Gasteiger partial charge in [-0.3, -0.25) is 9.89 Å². The first-order valence-electron chi connectivity index (χ1n) is 10.8. The Morgan fingerprint density at radius 2 is 1.93 bits per heavy atom. The van der Waals surface area contributed by atoms with Gasteiger partial charge in [-0.15, -0.1) is 0 Å². The number of benzene rings is 2. The highest BCUT2D eigenvalue weighted by Gasteiger charge is 2.20. The first-order chi connectivity index (χ1) is 14.3. The third-order valence-corrected chi connectivity index (χ3v) is 5.86. The zero-order valence-corrected chi connectivity index (χ0v) is 17.4. The van der Waals surface area contributed by atoms with E-state index in [0.29, 0.717) is 6.04 Å². The summed E-state index contributed by atoms with van der Waals surface area (Å²) >= 11 is 0. The Hall–Kier alpha value is -2.53. The molecule has 1 fully saturated rings. The van der Waals surface area contributed by atoms with Crippen molar-refractivity contribution >= 4 is 5.96 Å². The first-order valence-corrected chi connectivity index (χ1v) is 10.8. The van der Waals surface area contributed by atoms with Gasteiger partial charge in [-0.1, -0.05) is 42.5 Å². The molecule has 0 aromatic heterocycles. The van der Waals surface area contributed by atoms with Gasteiger partial charge in [0, 0.05) is 45.7 Å². The highest BCUT2D eigenvalue weighted by atomic mass is 16.5. The second kappa shape index (κ2) is 9.79. The van der Waals surface area contributed by atoms with Crippen molar-refractivity contribution in [3.05, 3.63) is 65.2 Å². The third kappa shape index (κ3) is 5.51. The van der Waals surface area contributed by atoms with E-state index in [-0.39, 0.29) is 0 Å². The molecule has 0 amide bonds. The van der Waals surface area contributed by atoms with E-state index in [4.69, 9.17) is 4.74 Å². The Balaban J connectivity index is 1.18. The van der Waals surface area contributed by atoms with E-state index in [9.17, 15) is 0 Å². The second-order valence-corrected chi connectivity index (χ2v) is 7.97. The van der Waals surface area contributed by atoms with Gasteiger partial charge in [0.1, 0.15) is 5.75 Å². The number of aliphatic imine (C=N–C) groups is 1. The van der Waals surface area contributed by atoms with Crippen molar-refractivity contribution in [2.24, 2.45) is 4.99 Å². The molecule has 2 aliphatic rings. The van der Waals surface area contributed by atoms with Gasteiger partial charge in [0.2, 0.25) is 0 Å². The fraction of sp³-hybridized carbons (Fsp3) is 0.458. The maximum absolute atomic E-state index is 5.59. The molecule has 0 atom stereocenters. The van der Waals surface area contributed by atoms with E-state index >= 15 is 0 Å². The standard InChI is InChI=1S/C24H32N4O/c1-25-24(26-13-9-19-7-8-23-21(17-19)12-16-29-23)27-22-10-14-28(15-11-22)18-20-5-3-2-4-6-20/h2-8,17,22H,9-16,18H2,1H3,(H2,25,26,27). The van der Waals surface area contributed by atoms with E-state index < -0.39 is 0 Å². The van der Waals surface area contributed by atoms with Gasteiger partial charge in [0.25, 0.3) is 0 Å². The molecule has 5 nitrogen and oxygen atoms in total. The summed E-state index contributed by atoms with van der Waals surface area (Å²) in [6.45, 7) is 5.00. The molecule has 2 aromatic carbocycles. The predicted octanol–water partition coefficient (Wildman–Crippen LogP) is 2.99. The Morgan fingerprint density at radius 1 is 1.10 bits per heavy atom. The van der Waals surface area contributed by atoms with E-state index in [1.807, 2.05) is 7.05 Å². The van der Waals surface area contributed by atoms with Gasteiger partial charge in [-0.25, -0.2) is 0 Å². The van der Waals surface area contributed by atoms with Crippen LogP contribution in [-0.4, -0.2) is 50.2 Å². The maximum Gasteiger partial charge on any atom is 0.191 e. The van der Waals surface area contributed by atoms with Gasteiger partial charge in [-0.05, 0) is 42.0 Å². The van der Waals surface area contributed by atoms with E-state index in [1.165, 1.54) is 16.7 Å². The van der Waals surface area contributed by atoms with Crippen LogP contribution in [-0.2, 0) is 19.4 Å². The topological polar surface area (TPSA) is 48.9 Å². The van der Waals surface area contributed by atoms with E-state index in [1.54, 1.807) is 0 Å². The average molecular weight is 393 g/mol. The summed E-state index contributed by atoms with van der Waals surface area (Å²) in [5.74, 6) is 1.97. The van der Waals surface area contributed by atoms with Crippen LogP contribution in [0.2, 0.25) is 0 Å². The van der Waals surface area contributed by atoms with Crippen LogP contribution in [0.25, 0.3) is 0 Å². The van der Waals surface area contributed by atoms with Crippen molar-refractivity contribution in [2.45, 2.75) is 38.3 Å². The van der Waals surface area contributed by atoms with Crippen LogP contribution in [0.3, 0.4) is 0 Å². The molecule has 154 valence electrons. The summed E-state index contributed by atoms with van der Waals surface area (Å²) in [5.41, 5.74) is 4.09. The highest BCUT2D eigenvalue weighted by Crippen LogP contribution is 2.25. The van der Waals surface area contributed by atoms with Crippen molar-refractivity contribution in [3.63, 3.8) is 0 Å². The lowest BCUT2D eigenvalue weighted by molar-refractivity contribution is 0.198. The number of hydrogen-bond donors (Lipinski definition) is 2. The molecule has 0 saturated carbocycles. The lowest BCUT2D eigenvalue weighted by atomic mass is 10.0. The number of rotatable bonds is 6. The largest absolute Gasteiger partial charge is 0.493 e. The number of piperidine rings is 1. The second-order valence-electron chi connectivity index (χ2n) is 7.97. The lowest BCUT2D eigenvalue weighted by Crippen LogP contribution is -2.48. The Bertz CT molecular complexity index is 813. The molecular formula is C24H32N4O. The molecule has 0 unspecified atom stereocenters. The highest BCUT2D eigenvalue weighted by molar-refractivity contribution is 5.79. The van der Waals surface area contributed by atoms with Crippen LogP contribution in [0.1, 0.15) is 29.5 Å². The number of guanidine groups is 1. The normalized spacial score (nSPS) is 17.6. The van der Waals surface area contributed by atoms with Crippen LogP contribution >= 0.6 is 0 Å². The van der Waals surface area contributed by atoms with Crippen molar-refractivity contribution < 1.29 is 4.74 Å². The Kier molecular flexibility index (Phi) is 6.67. The molecule has 0 bridgehead atoms. The quantitative estimate of drug-likeness (QED) is 0.586. The number of likely N-dealkylation sites (tertiary alicyclic amines) is 1. The molecule has 2 N–H and O–H groups in total. The molecule has 2 aromatic rings. The number of fused-ring (bicyclic) bond motifs is 1. The number of nitrogens with one attached hydrogen (secondary N) is 2. The number of ether oxygens (including phenoxy) is 1. The Labute approximate surface area is 174 Å². The summed E-state index contributed by atoms with van der Waals surface area (Å²) in [7, 11) is 1.85. The van der Waals surface area contributed by atoms with Crippen LogP contribution in [0.5, 0.6) is 5.75 Å². The number of nitrogens with zero attached hydrogens (tertiary/aromatic N) is 2. The summed E-state index contributed by atoms with van der Waals surface area (Å²) in [6, 6.07) is 17.8. The van der Waals surface area contributed by atoms with Crippen LogP contribution in [0.15, 0.2) is 53.5 Å². The van der Waals surface area contributed by atoms with E-state index in [2.05, 4.69) is 69.1 Å². The molecule has 0 aliphatic carbocycles. The van der Waals surface area contributed by atoms with Gasteiger partial charge < -0.3 is 15.4 Å². The molecular weight excluding hydrogens is 360 g/mol. The van der Waals surface area contributed by atoms with Crippen molar-refractivity contribution in [3.8, 4) is 5.75 Å². The zero-order valence-electron chi connectivity index (χ0n) is 17.4. The molecule has 0 spiro atoms. The van der Waals surface area contributed by atoms with E-state index in [0.717, 1.165) is 70.2 Å². The SMILES string of the molecule is CN=C(NCCc1ccc2c(c1)CCO2)NC1CCN(Cc2ccccc2)CC1. The van der Waals surface area contributed by atoms with Gasteiger partial charge in [0.05, 0.1) is 6.61 Å². The monoisotopic (exact) mass is 392 g/mol. The minimum atomic E-state index is 0.491. The fourth-order valence-electron chi connectivity index (χ4n) is 4.19. The average Bonchev–Trinajstić information content (AvgIpc) is 3.23. The fourth-order valence-corrected chi connectivity index (χ4v) is 4.19. The summed E-state index contributed by atoms with van der Waals surface area (Å²) < 4.78 is 5.59. The number of hydrogen-bond acceptors (Lipinski definition) is 3. The third-order valence-electron chi connectivity index (χ3n) is 5.86. The van der Waals surface area contributed by atoms with Crippen LogP contribution in [0, 0.1) is 0 Å².